The summed E-state index contributed by atoms with van der Waals surface area (Å²) in [6, 6.07) is 0. The van der Waals surface area contributed by atoms with Crippen molar-refractivity contribution in [2.75, 3.05) is 13.3 Å². The zero-order valence-corrected chi connectivity index (χ0v) is 3.72. The number of rotatable bonds is 2. The molecular weight excluding hydrogens is 82.0 g/mol. The van der Waals surface area contributed by atoms with Crippen LogP contribution in [0.5, 0.6) is 0 Å². The molecule has 0 saturated carbocycles. The third-order valence-electron chi connectivity index (χ3n) is 0.510. The first kappa shape index (κ1) is 5.56. The maximum absolute atomic E-state index is 9.85. The van der Waals surface area contributed by atoms with Gasteiger partial charge in [-0.25, -0.2) is 0 Å². The Morgan fingerprint density at radius 3 is 2.33 bits per heavy atom. The van der Waals surface area contributed by atoms with Crippen molar-refractivity contribution in [2.24, 2.45) is 0 Å². The summed E-state index contributed by atoms with van der Waals surface area (Å²) < 4.78 is 0.556. The van der Waals surface area contributed by atoms with Crippen molar-refractivity contribution in [3.63, 3.8) is 0 Å². The van der Waals surface area contributed by atoms with E-state index in [-0.39, 0.29) is 0 Å². The number of aliphatic hydroxyl groups excluding tert-OH is 1. The van der Waals surface area contributed by atoms with Crippen LogP contribution in [-0.4, -0.2) is 23.1 Å². The lowest BCUT2D eigenvalue weighted by Crippen LogP contribution is -2.06. The quantitative estimate of drug-likeness (QED) is 0.374. The second kappa shape index (κ2) is 2.78. The molecule has 0 fully saturated rings. The molecule has 0 aliphatic heterocycles. The first-order chi connectivity index (χ1) is 2.81. The van der Waals surface area contributed by atoms with E-state index in [1.165, 1.54) is 0 Å². The standard InChI is InChI=1S/C3H8NO2/c1-2-4(6)3-5/h5H,2-3H2,1H3/q+1. The van der Waals surface area contributed by atoms with E-state index in [1.807, 2.05) is 0 Å². The van der Waals surface area contributed by atoms with Crippen LogP contribution >= 0.6 is 0 Å². The predicted molar refractivity (Wildman–Crippen MR) is 21.3 cm³/mol. The van der Waals surface area contributed by atoms with Gasteiger partial charge in [0.05, 0.1) is 0 Å². The van der Waals surface area contributed by atoms with E-state index in [2.05, 4.69) is 0 Å². The summed E-state index contributed by atoms with van der Waals surface area (Å²) in [5, 5.41) is 7.95. The summed E-state index contributed by atoms with van der Waals surface area (Å²) in [7, 11) is 0. The summed E-state index contributed by atoms with van der Waals surface area (Å²) >= 11 is 0. The minimum Gasteiger partial charge on any atom is -0.336 e. The minimum absolute atomic E-state index is 0.358. The molecular formula is C3H8NO2+. The molecule has 0 saturated heterocycles. The molecule has 0 aromatic rings. The highest BCUT2D eigenvalue weighted by atomic mass is 16.4. The maximum atomic E-state index is 9.85. The molecule has 0 aromatic carbocycles. The number of nitroso groups, excluding NO2 is 1. The van der Waals surface area contributed by atoms with Crippen LogP contribution in [-0.2, 0) is 0 Å². The second-order valence-electron chi connectivity index (χ2n) is 0.939. The largest absolute Gasteiger partial charge is 0.336 e. The van der Waals surface area contributed by atoms with Crippen LogP contribution in [0.4, 0.5) is 0 Å². The lowest BCUT2D eigenvalue weighted by atomic mass is 10.8. The van der Waals surface area contributed by atoms with Crippen molar-refractivity contribution in [2.45, 2.75) is 6.92 Å². The van der Waals surface area contributed by atoms with Crippen molar-refractivity contribution in [1.29, 1.82) is 0 Å². The molecule has 36 valence electrons. The van der Waals surface area contributed by atoms with Crippen LogP contribution in [0.3, 0.4) is 0 Å². The Morgan fingerprint density at radius 2 is 2.33 bits per heavy atom. The molecule has 0 unspecified atom stereocenters. The molecule has 0 atom stereocenters. The molecule has 0 aromatic heterocycles. The number of aliphatic hydroxyl groups is 1. The predicted octanol–water partition coefficient (Wildman–Crippen LogP) is -0.265. The van der Waals surface area contributed by atoms with Gasteiger partial charge in [0, 0.05) is 9.67 Å². The Hall–Kier alpha value is -0.440. The third kappa shape index (κ3) is 1.84. The summed E-state index contributed by atoms with van der Waals surface area (Å²) in [4.78, 5) is 9.85. The lowest BCUT2D eigenvalue weighted by molar-refractivity contribution is -0.579. The molecule has 0 aliphatic carbocycles. The normalized spacial score (nSPS) is 8.33. The average Bonchev–Trinajstić information content (AvgIpc) is 1.65. The topological polar surface area (TPSA) is 40.3 Å². The van der Waals surface area contributed by atoms with E-state index in [9.17, 15) is 4.91 Å². The van der Waals surface area contributed by atoms with Crippen molar-refractivity contribution in [3.05, 3.63) is 4.91 Å². The zero-order valence-electron chi connectivity index (χ0n) is 3.72. The van der Waals surface area contributed by atoms with Gasteiger partial charge in [-0.1, -0.05) is 0 Å². The SMILES string of the molecule is CC[N+](=O)CO. The fourth-order valence-corrected chi connectivity index (χ4v) is 0.1000. The van der Waals surface area contributed by atoms with Crippen LogP contribution in [0, 0.1) is 4.91 Å². The number of hydrogen-bond acceptors (Lipinski definition) is 2. The van der Waals surface area contributed by atoms with E-state index in [1.54, 1.807) is 6.92 Å². The van der Waals surface area contributed by atoms with Gasteiger partial charge in [-0.3, -0.25) is 0 Å². The molecule has 6 heavy (non-hydrogen) atoms. The second-order valence-corrected chi connectivity index (χ2v) is 0.939. The Labute approximate surface area is 36.2 Å². The molecule has 0 heterocycles. The fourth-order valence-electron chi connectivity index (χ4n) is 0.1000. The third-order valence-corrected chi connectivity index (χ3v) is 0.510. The van der Waals surface area contributed by atoms with Crippen molar-refractivity contribution in [3.8, 4) is 0 Å². The van der Waals surface area contributed by atoms with Gasteiger partial charge in [0.15, 0.2) is 6.54 Å². The fraction of sp³-hybridized carbons (Fsp3) is 1.00. The minimum atomic E-state index is -0.392. The highest BCUT2D eigenvalue weighted by molar-refractivity contribution is 3.98. The molecule has 1 N–H and O–H groups in total. The van der Waals surface area contributed by atoms with E-state index in [4.69, 9.17) is 5.11 Å². The van der Waals surface area contributed by atoms with Gasteiger partial charge in [0.2, 0.25) is 0 Å². The van der Waals surface area contributed by atoms with E-state index < -0.39 is 6.73 Å². The molecule has 0 spiro atoms. The molecule has 0 aliphatic rings. The van der Waals surface area contributed by atoms with Crippen LogP contribution in [0.1, 0.15) is 6.92 Å². The van der Waals surface area contributed by atoms with Crippen LogP contribution in [0.2, 0.25) is 0 Å². The van der Waals surface area contributed by atoms with Gasteiger partial charge >= 0.3 is 0 Å². The summed E-state index contributed by atoms with van der Waals surface area (Å²) in [5.74, 6) is 0. The van der Waals surface area contributed by atoms with Gasteiger partial charge in [0.25, 0.3) is 6.73 Å². The Bertz CT molecular complexity index is 46.8. The van der Waals surface area contributed by atoms with Crippen LogP contribution < -0.4 is 0 Å². The highest BCUT2D eigenvalue weighted by Gasteiger charge is 1.94. The Morgan fingerprint density at radius 1 is 1.83 bits per heavy atom. The maximum Gasteiger partial charge on any atom is 0.292 e. The summed E-state index contributed by atoms with van der Waals surface area (Å²) in [6.07, 6.45) is 0. The van der Waals surface area contributed by atoms with Crippen molar-refractivity contribution < 1.29 is 9.87 Å². The summed E-state index contributed by atoms with van der Waals surface area (Å²) in [6.45, 7) is 1.65. The van der Waals surface area contributed by atoms with E-state index in [0.29, 0.717) is 11.3 Å². The van der Waals surface area contributed by atoms with E-state index >= 15 is 0 Å². The molecule has 3 heteroatoms. The lowest BCUT2D eigenvalue weighted by Gasteiger charge is -1.74. The van der Waals surface area contributed by atoms with Gasteiger partial charge in [0.1, 0.15) is 0 Å². The first-order valence-electron chi connectivity index (χ1n) is 1.84. The van der Waals surface area contributed by atoms with Gasteiger partial charge in [-0.15, -0.1) is 0 Å². The highest BCUT2D eigenvalue weighted by Crippen LogP contribution is 1.62. The number of hydrogen-bond donors (Lipinski definition) is 1. The molecule has 0 amide bonds. The molecule has 0 rings (SSSR count). The Kier molecular flexibility index (Phi) is 2.58. The number of nitrogens with zero attached hydrogens (tertiary/aromatic N) is 1. The van der Waals surface area contributed by atoms with Gasteiger partial charge in [-0.2, -0.15) is 0 Å². The monoisotopic (exact) mass is 90.1 g/mol. The molecule has 0 radical (unpaired) electrons. The van der Waals surface area contributed by atoms with Crippen molar-refractivity contribution >= 4 is 0 Å². The zero-order chi connectivity index (χ0) is 4.99. The Balaban J connectivity index is 2.99. The van der Waals surface area contributed by atoms with Crippen LogP contribution in [0.15, 0.2) is 0 Å². The van der Waals surface area contributed by atoms with Gasteiger partial charge < -0.3 is 5.11 Å². The first-order valence-corrected chi connectivity index (χ1v) is 1.84. The van der Waals surface area contributed by atoms with E-state index in [0.717, 1.165) is 0 Å². The summed E-state index contributed by atoms with van der Waals surface area (Å²) in [5.41, 5.74) is 0. The smallest absolute Gasteiger partial charge is 0.292 e. The van der Waals surface area contributed by atoms with Crippen molar-refractivity contribution in [1.82, 2.24) is 0 Å². The molecule has 0 bridgehead atoms. The van der Waals surface area contributed by atoms with Crippen LogP contribution in [0.25, 0.3) is 0 Å². The molecule has 3 nitrogen and oxygen atoms in total. The average molecular weight is 90.1 g/mol. The van der Waals surface area contributed by atoms with Gasteiger partial charge in [-0.05, 0) is 6.92 Å².